The summed E-state index contributed by atoms with van der Waals surface area (Å²) >= 11 is 5.98. The number of rotatable bonds is 3. The molecule has 1 aliphatic rings. The maximum atomic E-state index is 8.79. The molecule has 0 radical (unpaired) electrons. The van der Waals surface area contributed by atoms with E-state index in [9.17, 15) is 0 Å². The monoisotopic (exact) mass is 303 g/mol. The van der Waals surface area contributed by atoms with Crippen molar-refractivity contribution < 1.29 is 4.42 Å². The molecule has 2 heterocycles. The molecule has 0 N–H and O–H groups in total. The van der Waals surface area contributed by atoms with Gasteiger partial charge in [0.25, 0.3) is 0 Å². The van der Waals surface area contributed by atoms with Crippen LogP contribution in [0.15, 0.2) is 22.6 Å². The van der Waals surface area contributed by atoms with Gasteiger partial charge < -0.3 is 4.42 Å². The van der Waals surface area contributed by atoms with Gasteiger partial charge in [-0.2, -0.15) is 5.26 Å². The lowest BCUT2D eigenvalue weighted by atomic mass is 9.95. The van der Waals surface area contributed by atoms with Crippen molar-refractivity contribution in [1.82, 2.24) is 9.88 Å². The molecule has 0 amide bonds. The summed E-state index contributed by atoms with van der Waals surface area (Å²) in [5, 5.41) is 9.47. The standard InChI is InChI=1S/C16H18ClN3O/c1-11(4-7-18)20-8-5-12(6-9-20)16-19-14-10-13(17)2-3-15(14)21-16/h2-3,10-12H,4-6,8-9H2,1H3/t11-/m0/s1. The van der Waals surface area contributed by atoms with Gasteiger partial charge >= 0.3 is 0 Å². The zero-order valence-electron chi connectivity index (χ0n) is 12.1. The van der Waals surface area contributed by atoms with Crippen LogP contribution in [0, 0.1) is 11.3 Å². The van der Waals surface area contributed by atoms with Gasteiger partial charge in [0.1, 0.15) is 5.52 Å². The van der Waals surface area contributed by atoms with Gasteiger partial charge in [0, 0.05) is 17.0 Å². The van der Waals surface area contributed by atoms with E-state index in [2.05, 4.69) is 22.9 Å². The van der Waals surface area contributed by atoms with E-state index in [1.54, 1.807) is 0 Å². The average Bonchev–Trinajstić information content (AvgIpc) is 2.90. The number of nitrogens with zero attached hydrogens (tertiary/aromatic N) is 3. The Balaban J connectivity index is 1.69. The van der Waals surface area contributed by atoms with Crippen molar-refractivity contribution in [2.75, 3.05) is 13.1 Å². The maximum Gasteiger partial charge on any atom is 0.198 e. The number of oxazole rings is 1. The lowest BCUT2D eigenvalue weighted by Gasteiger charge is -2.34. The van der Waals surface area contributed by atoms with Gasteiger partial charge in [-0.3, -0.25) is 4.90 Å². The summed E-state index contributed by atoms with van der Waals surface area (Å²) < 4.78 is 5.87. The van der Waals surface area contributed by atoms with Crippen LogP contribution < -0.4 is 0 Å². The Labute approximate surface area is 129 Å². The third-order valence-corrected chi connectivity index (χ3v) is 4.49. The summed E-state index contributed by atoms with van der Waals surface area (Å²) in [6.45, 7) is 4.10. The summed E-state index contributed by atoms with van der Waals surface area (Å²) in [4.78, 5) is 6.96. The van der Waals surface area contributed by atoms with E-state index in [1.807, 2.05) is 18.2 Å². The summed E-state index contributed by atoms with van der Waals surface area (Å²) in [6.07, 6.45) is 2.64. The van der Waals surface area contributed by atoms with E-state index in [-0.39, 0.29) is 0 Å². The van der Waals surface area contributed by atoms with Crippen LogP contribution in [0.2, 0.25) is 5.02 Å². The zero-order valence-corrected chi connectivity index (χ0v) is 12.8. The number of likely N-dealkylation sites (tertiary alicyclic amines) is 1. The Hall–Kier alpha value is -1.57. The molecule has 4 nitrogen and oxygen atoms in total. The summed E-state index contributed by atoms with van der Waals surface area (Å²) in [5.41, 5.74) is 1.63. The first kappa shape index (κ1) is 14.4. The van der Waals surface area contributed by atoms with Gasteiger partial charge in [-0.1, -0.05) is 11.6 Å². The first-order valence-electron chi connectivity index (χ1n) is 7.34. The van der Waals surface area contributed by atoms with Gasteiger partial charge in [-0.05, 0) is 51.1 Å². The molecular weight excluding hydrogens is 286 g/mol. The molecule has 0 unspecified atom stereocenters. The molecule has 2 aromatic rings. The number of fused-ring (bicyclic) bond motifs is 1. The molecular formula is C16H18ClN3O. The molecule has 1 aliphatic heterocycles. The van der Waals surface area contributed by atoms with Crippen molar-refractivity contribution in [2.24, 2.45) is 0 Å². The predicted octanol–water partition coefficient (Wildman–Crippen LogP) is 3.96. The minimum absolute atomic E-state index is 0.332. The first-order chi connectivity index (χ1) is 10.2. The molecule has 21 heavy (non-hydrogen) atoms. The molecule has 0 aliphatic carbocycles. The number of piperidine rings is 1. The summed E-state index contributed by atoms with van der Waals surface area (Å²) in [5.74, 6) is 1.18. The zero-order chi connectivity index (χ0) is 14.8. The van der Waals surface area contributed by atoms with E-state index in [0.717, 1.165) is 42.9 Å². The van der Waals surface area contributed by atoms with Crippen molar-refractivity contribution in [1.29, 1.82) is 5.26 Å². The van der Waals surface area contributed by atoms with Crippen LogP contribution in [0.1, 0.15) is 38.0 Å². The maximum absolute atomic E-state index is 8.79. The van der Waals surface area contributed by atoms with Crippen molar-refractivity contribution in [3.05, 3.63) is 29.1 Å². The van der Waals surface area contributed by atoms with Crippen LogP contribution >= 0.6 is 11.6 Å². The third-order valence-electron chi connectivity index (χ3n) is 4.25. The second-order valence-electron chi connectivity index (χ2n) is 5.69. The smallest absolute Gasteiger partial charge is 0.198 e. The Morgan fingerprint density at radius 3 is 2.95 bits per heavy atom. The molecule has 3 rings (SSSR count). The Bertz CT molecular complexity index is 668. The molecule has 1 atom stereocenters. The summed E-state index contributed by atoms with van der Waals surface area (Å²) in [7, 11) is 0. The van der Waals surface area contributed by atoms with Crippen LogP contribution in [0.3, 0.4) is 0 Å². The quantitative estimate of drug-likeness (QED) is 0.861. The van der Waals surface area contributed by atoms with E-state index >= 15 is 0 Å². The number of benzene rings is 1. The lowest BCUT2D eigenvalue weighted by molar-refractivity contribution is 0.156. The van der Waals surface area contributed by atoms with E-state index in [1.165, 1.54) is 0 Å². The van der Waals surface area contributed by atoms with Crippen LogP contribution in [-0.4, -0.2) is 29.0 Å². The average molecular weight is 304 g/mol. The Kier molecular flexibility index (Phi) is 4.14. The first-order valence-corrected chi connectivity index (χ1v) is 7.72. The second-order valence-corrected chi connectivity index (χ2v) is 6.12. The number of aromatic nitrogens is 1. The Morgan fingerprint density at radius 2 is 2.24 bits per heavy atom. The highest BCUT2D eigenvalue weighted by Crippen LogP contribution is 2.31. The van der Waals surface area contributed by atoms with Gasteiger partial charge in [-0.25, -0.2) is 4.98 Å². The predicted molar refractivity (Wildman–Crippen MR) is 82.3 cm³/mol. The van der Waals surface area contributed by atoms with Crippen molar-refractivity contribution in [2.45, 2.75) is 38.1 Å². The molecule has 0 saturated carbocycles. The van der Waals surface area contributed by atoms with Gasteiger partial charge in [0.15, 0.2) is 11.5 Å². The molecule has 1 saturated heterocycles. The van der Waals surface area contributed by atoms with Crippen LogP contribution in [0.5, 0.6) is 0 Å². The largest absolute Gasteiger partial charge is 0.440 e. The fourth-order valence-corrected chi connectivity index (χ4v) is 3.11. The molecule has 110 valence electrons. The minimum Gasteiger partial charge on any atom is -0.440 e. The van der Waals surface area contributed by atoms with Crippen LogP contribution in [0.25, 0.3) is 11.1 Å². The van der Waals surface area contributed by atoms with Crippen molar-refractivity contribution >= 4 is 22.7 Å². The SMILES string of the molecule is C[C@@H](CC#N)N1CCC(c2nc3cc(Cl)ccc3o2)CC1. The topological polar surface area (TPSA) is 53.1 Å². The normalized spacial score (nSPS) is 18.7. The van der Waals surface area contributed by atoms with Crippen molar-refractivity contribution in [3.8, 4) is 6.07 Å². The van der Waals surface area contributed by atoms with E-state index in [0.29, 0.717) is 23.4 Å². The van der Waals surface area contributed by atoms with Gasteiger partial charge in [0.2, 0.25) is 0 Å². The van der Waals surface area contributed by atoms with E-state index < -0.39 is 0 Å². The number of halogens is 1. The highest BCUT2D eigenvalue weighted by Gasteiger charge is 2.26. The fraction of sp³-hybridized carbons (Fsp3) is 0.500. The summed E-state index contributed by atoms with van der Waals surface area (Å²) in [6, 6.07) is 8.12. The van der Waals surface area contributed by atoms with E-state index in [4.69, 9.17) is 21.3 Å². The van der Waals surface area contributed by atoms with Gasteiger partial charge in [-0.15, -0.1) is 0 Å². The number of hydrogen-bond donors (Lipinski definition) is 0. The highest BCUT2D eigenvalue weighted by molar-refractivity contribution is 6.31. The molecule has 1 aromatic carbocycles. The molecule has 0 bridgehead atoms. The highest BCUT2D eigenvalue weighted by atomic mass is 35.5. The molecule has 1 aromatic heterocycles. The van der Waals surface area contributed by atoms with Gasteiger partial charge in [0.05, 0.1) is 12.5 Å². The molecule has 5 heteroatoms. The van der Waals surface area contributed by atoms with Crippen LogP contribution in [-0.2, 0) is 0 Å². The number of nitriles is 1. The fourth-order valence-electron chi connectivity index (χ4n) is 2.94. The second kappa shape index (κ2) is 6.05. The lowest BCUT2D eigenvalue weighted by Crippen LogP contribution is -2.39. The molecule has 0 spiro atoms. The van der Waals surface area contributed by atoms with Crippen molar-refractivity contribution in [3.63, 3.8) is 0 Å². The third kappa shape index (κ3) is 3.04. The minimum atomic E-state index is 0.332. The Morgan fingerprint density at radius 1 is 1.48 bits per heavy atom. The molecule has 1 fully saturated rings. The number of hydrogen-bond acceptors (Lipinski definition) is 4. The van der Waals surface area contributed by atoms with Crippen LogP contribution in [0.4, 0.5) is 0 Å².